The van der Waals surface area contributed by atoms with Crippen LogP contribution >= 0.6 is 0 Å². The van der Waals surface area contributed by atoms with Crippen molar-refractivity contribution in [2.24, 2.45) is 0 Å². The number of carboxylic acid groups (broad SMARTS) is 1. The molecule has 0 spiro atoms. The van der Waals surface area contributed by atoms with Crippen molar-refractivity contribution < 1.29 is 24.5 Å². The summed E-state index contributed by atoms with van der Waals surface area (Å²) in [5.74, 6) is -1.03. The monoisotopic (exact) mass is 226 g/mol. The van der Waals surface area contributed by atoms with Gasteiger partial charge in [0.25, 0.3) is 5.97 Å². The Morgan fingerprint density at radius 2 is 1.75 bits per heavy atom. The van der Waals surface area contributed by atoms with Crippen LogP contribution < -0.4 is 0 Å². The molecule has 0 unspecified atom stereocenters. The van der Waals surface area contributed by atoms with Crippen LogP contribution in [0.3, 0.4) is 0 Å². The second-order valence-electron chi connectivity index (χ2n) is 2.93. The molecule has 1 aromatic carbocycles. The molecule has 0 atom stereocenters. The third kappa shape index (κ3) is 7.37. The zero-order valence-electron chi connectivity index (χ0n) is 9.14. The standard InChI is InChI=1S/C9H10O3.C2H4O2/c1-7(10)12-6-8-4-2-3-5-9(8)11;1-2(3)4/h2-5,11H,6H2,1H3;1H3,(H,3,4). The van der Waals surface area contributed by atoms with E-state index in [9.17, 15) is 9.90 Å². The van der Waals surface area contributed by atoms with E-state index < -0.39 is 5.97 Å². The van der Waals surface area contributed by atoms with E-state index in [0.717, 1.165) is 6.92 Å². The minimum atomic E-state index is -0.833. The third-order valence-corrected chi connectivity index (χ3v) is 1.42. The van der Waals surface area contributed by atoms with E-state index in [1.807, 2.05) is 0 Å². The van der Waals surface area contributed by atoms with Crippen LogP contribution in [0, 0.1) is 0 Å². The summed E-state index contributed by atoms with van der Waals surface area (Å²) < 4.78 is 4.71. The molecule has 0 aromatic heterocycles. The molecular weight excluding hydrogens is 212 g/mol. The van der Waals surface area contributed by atoms with Crippen LogP contribution in [0.5, 0.6) is 5.75 Å². The van der Waals surface area contributed by atoms with Gasteiger partial charge in [0.2, 0.25) is 0 Å². The van der Waals surface area contributed by atoms with Gasteiger partial charge in [-0.25, -0.2) is 0 Å². The molecule has 0 saturated heterocycles. The lowest BCUT2D eigenvalue weighted by atomic mass is 10.2. The van der Waals surface area contributed by atoms with Crippen molar-refractivity contribution in [1.29, 1.82) is 0 Å². The molecule has 1 rings (SSSR count). The number of carboxylic acids is 1. The van der Waals surface area contributed by atoms with Crippen LogP contribution in [-0.4, -0.2) is 22.2 Å². The molecule has 0 saturated carbocycles. The van der Waals surface area contributed by atoms with Crippen molar-refractivity contribution in [1.82, 2.24) is 0 Å². The highest BCUT2D eigenvalue weighted by Crippen LogP contribution is 2.16. The lowest BCUT2D eigenvalue weighted by molar-refractivity contribution is -0.142. The number of rotatable bonds is 2. The molecule has 0 aliphatic rings. The van der Waals surface area contributed by atoms with Crippen molar-refractivity contribution in [3.8, 4) is 5.75 Å². The first kappa shape index (κ1) is 14.0. The fourth-order valence-electron chi connectivity index (χ4n) is 0.812. The highest BCUT2D eigenvalue weighted by atomic mass is 16.5. The van der Waals surface area contributed by atoms with E-state index in [2.05, 4.69) is 0 Å². The molecule has 16 heavy (non-hydrogen) atoms. The Kier molecular flexibility index (Phi) is 6.35. The zero-order chi connectivity index (χ0) is 12.6. The second kappa shape index (κ2) is 7.28. The number of benzene rings is 1. The molecule has 0 fully saturated rings. The fraction of sp³-hybridized carbons (Fsp3) is 0.273. The van der Waals surface area contributed by atoms with Crippen molar-refractivity contribution in [2.45, 2.75) is 20.5 Å². The molecule has 0 bridgehead atoms. The van der Waals surface area contributed by atoms with Gasteiger partial charge in [0.05, 0.1) is 0 Å². The van der Waals surface area contributed by atoms with E-state index >= 15 is 0 Å². The molecule has 5 nitrogen and oxygen atoms in total. The predicted molar refractivity (Wildman–Crippen MR) is 56.9 cm³/mol. The Hall–Kier alpha value is -2.04. The molecule has 0 heterocycles. The Balaban J connectivity index is 0.000000487. The molecule has 0 radical (unpaired) electrons. The van der Waals surface area contributed by atoms with E-state index in [4.69, 9.17) is 14.6 Å². The Bertz CT molecular complexity index is 355. The highest BCUT2D eigenvalue weighted by Gasteiger charge is 2.00. The Labute approximate surface area is 93.3 Å². The average molecular weight is 226 g/mol. The quantitative estimate of drug-likeness (QED) is 0.747. The molecule has 0 aliphatic carbocycles. The summed E-state index contributed by atoms with van der Waals surface area (Å²) >= 11 is 0. The maximum atomic E-state index is 10.4. The number of carbonyl (C=O) groups excluding carboxylic acids is 1. The SMILES string of the molecule is CC(=O)O.CC(=O)OCc1ccccc1O. The number of ether oxygens (including phenoxy) is 1. The van der Waals surface area contributed by atoms with Gasteiger partial charge in [-0.3, -0.25) is 9.59 Å². The molecule has 2 N–H and O–H groups in total. The first-order valence-corrected chi connectivity index (χ1v) is 4.53. The summed E-state index contributed by atoms with van der Waals surface area (Å²) in [5, 5.41) is 16.6. The Morgan fingerprint density at radius 1 is 1.25 bits per heavy atom. The molecule has 0 amide bonds. The van der Waals surface area contributed by atoms with Gasteiger partial charge in [-0.2, -0.15) is 0 Å². The normalized spacial score (nSPS) is 8.62. The number of aromatic hydroxyl groups is 1. The van der Waals surface area contributed by atoms with Crippen LogP contribution in [0.15, 0.2) is 24.3 Å². The van der Waals surface area contributed by atoms with Gasteiger partial charge in [-0.15, -0.1) is 0 Å². The van der Waals surface area contributed by atoms with Crippen LogP contribution in [0.25, 0.3) is 0 Å². The van der Waals surface area contributed by atoms with Crippen LogP contribution in [0.4, 0.5) is 0 Å². The molecular formula is C11H14O5. The summed E-state index contributed by atoms with van der Waals surface area (Å²) in [6, 6.07) is 6.75. The first-order chi connectivity index (χ1) is 7.43. The minimum absolute atomic E-state index is 0.127. The van der Waals surface area contributed by atoms with E-state index in [1.54, 1.807) is 24.3 Å². The lowest BCUT2D eigenvalue weighted by Gasteiger charge is -2.03. The summed E-state index contributed by atoms with van der Waals surface area (Å²) in [5.41, 5.74) is 0.618. The number of hydrogen-bond donors (Lipinski definition) is 2. The number of para-hydroxylation sites is 1. The zero-order valence-corrected chi connectivity index (χ0v) is 9.14. The summed E-state index contributed by atoms with van der Waals surface area (Å²) in [4.78, 5) is 19.4. The maximum Gasteiger partial charge on any atom is 0.302 e. The van der Waals surface area contributed by atoms with Gasteiger partial charge in [0.15, 0.2) is 0 Å². The molecule has 1 aromatic rings. The van der Waals surface area contributed by atoms with Gasteiger partial charge in [-0.05, 0) is 6.07 Å². The smallest absolute Gasteiger partial charge is 0.302 e. The number of esters is 1. The predicted octanol–water partition coefficient (Wildman–Crippen LogP) is 1.55. The summed E-state index contributed by atoms with van der Waals surface area (Å²) in [6.07, 6.45) is 0. The lowest BCUT2D eigenvalue weighted by Crippen LogP contribution is -1.98. The van der Waals surface area contributed by atoms with E-state index in [1.165, 1.54) is 6.92 Å². The maximum absolute atomic E-state index is 10.4. The van der Waals surface area contributed by atoms with Crippen LogP contribution in [0.2, 0.25) is 0 Å². The number of phenols is 1. The van der Waals surface area contributed by atoms with Gasteiger partial charge >= 0.3 is 5.97 Å². The molecule has 0 aliphatic heterocycles. The third-order valence-electron chi connectivity index (χ3n) is 1.42. The summed E-state index contributed by atoms with van der Waals surface area (Å²) in [6.45, 7) is 2.54. The average Bonchev–Trinajstić information content (AvgIpc) is 2.15. The van der Waals surface area contributed by atoms with Crippen molar-refractivity contribution in [3.05, 3.63) is 29.8 Å². The van der Waals surface area contributed by atoms with E-state index in [0.29, 0.717) is 5.56 Å². The number of aliphatic carboxylic acids is 1. The second-order valence-corrected chi connectivity index (χ2v) is 2.93. The molecule has 88 valence electrons. The first-order valence-electron chi connectivity index (χ1n) is 4.53. The van der Waals surface area contributed by atoms with Gasteiger partial charge in [0, 0.05) is 19.4 Å². The van der Waals surface area contributed by atoms with Gasteiger partial charge < -0.3 is 14.9 Å². The topological polar surface area (TPSA) is 83.8 Å². The minimum Gasteiger partial charge on any atom is -0.508 e. The van der Waals surface area contributed by atoms with Gasteiger partial charge in [0.1, 0.15) is 12.4 Å². The van der Waals surface area contributed by atoms with Crippen LogP contribution in [0.1, 0.15) is 19.4 Å². The number of phenolic OH excluding ortho intramolecular Hbond substituents is 1. The molecule has 5 heteroatoms. The van der Waals surface area contributed by atoms with Crippen LogP contribution in [-0.2, 0) is 20.9 Å². The largest absolute Gasteiger partial charge is 0.508 e. The van der Waals surface area contributed by atoms with Gasteiger partial charge in [-0.1, -0.05) is 18.2 Å². The summed E-state index contributed by atoms with van der Waals surface area (Å²) in [7, 11) is 0. The number of carbonyl (C=O) groups is 2. The van der Waals surface area contributed by atoms with E-state index in [-0.39, 0.29) is 18.3 Å². The Morgan fingerprint density at radius 3 is 2.19 bits per heavy atom. The van der Waals surface area contributed by atoms with Crippen molar-refractivity contribution in [2.75, 3.05) is 0 Å². The van der Waals surface area contributed by atoms with Crippen molar-refractivity contribution in [3.63, 3.8) is 0 Å². The number of hydrogen-bond acceptors (Lipinski definition) is 4. The fourth-order valence-corrected chi connectivity index (χ4v) is 0.812. The highest BCUT2D eigenvalue weighted by molar-refractivity contribution is 5.66. The van der Waals surface area contributed by atoms with Crippen molar-refractivity contribution >= 4 is 11.9 Å².